The number of likely N-dealkylation sites (tertiary alicyclic amines) is 2. The predicted molar refractivity (Wildman–Crippen MR) is 112 cm³/mol. The zero-order chi connectivity index (χ0) is 19.0. The summed E-state index contributed by atoms with van der Waals surface area (Å²) >= 11 is 0. The molecule has 2 aliphatic heterocycles. The number of H-pyrrole nitrogens is 1. The highest BCUT2D eigenvalue weighted by atomic mass is 16.2. The third kappa shape index (κ3) is 3.33. The first-order valence-corrected chi connectivity index (χ1v) is 10.3. The summed E-state index contributed by atoms with van der Waals surface area (Å²) in [6.45, 7) is 5.29. The predicted octanol–water partition coefficient (Wildman–Crippen LogP) is 3.95. The number of aromatic amines is 1. The molecule has 1 spiro atoms. The number of rotatable bonds is 5. The van der Waals surface area contributed by atoms with Crippen molar-refractivity contribution in [2.75, 3.05) is 32.7 Å². The number of nitrogens with one attached hydrogen (secondary N) is 1. The van der Waals surface area contributed by atoms with E-state index in [1.165, 1.54) is 24.9 Å². The normalized spacial score (nSPS) is 18.6. The molecule has 2 saturated heterocycles. The molecule has 28 heavy (non-hydrogen) atoms. The number of hydrogen-bond donors (Lipinski definition) is 1. The van der Waals surface area contributed by atoms with E-state index in [1.54, 1.807) is 0 Å². The molecule has 144 valence electrons. The first kappa shape index (κ1) is 17.5. The Kier molecular flexibility index (Phi) is 4.44. The van der Waals surface area contributed by atoms with Crippen molar-refractivity contribution < 1.29 is 4.79 Å². The van der Waals surface area contributed by atoms with E-state index in [0.29, 0.717) is 5.41 Å². The van der Waals surface area contributed by atoms with Gasteiger partial charge in [0.05, 0.1) is 0 Å². The minimum absolute atomic E-state index is 0.177. The Labute approximate surface area is 166 Å². The molecule has 1 N–H and O–H groups in total. The lowest BCUT2D eigenvalue weighted by Crippen LogP contribution is -2.59. The Morgan fingerprint density at radius 1 is 1.04 bits per heavy atom. The van der Waals surface area contributed by atoms with Crippen molar-refractivity contribution in [3.63, 3.8) is 0 Å². The smallest absolute Gasteiger partial charge is 0.253 e. The molecule has 0 radical (unpaired) electrons. The van der Waals surface area contributed by atoms with E-state index in [2.05, 4.69) is 40.2 Å². The van der Waals surface area contributed by atoms with Crippen LogP contribution in [0, 0.1) is 5.41 Å². The Morgan fingerprint density at radius 3 is 2.75 bits per heavy atom. The van der Waals surface area contributed by atoms with Crippen LogP contribution in [0.15, 0.2) is 60.8 Å². The average Bonchev–Trinajstić information content (AvgIpc) is 3.34. The van der Waals surface area contributed by atoms with Gasteiger partial charge >= 0.3 is 0 Å². The average molecular weight is 374 g/mol. The molecule has 0 aliphatic carbocycles. The largest absolute Gasteiger partial charge is 0.361 e. The second-order valence-electron chi connectivity index (χ2n) is 8.56. The number of benzene rings is 2. The standard InChI is InChI=1S/C24H27N3O/c28-23(21-8-9-22-20(15-21)10-12-25-22)27-17-24(18-27)11-14-26(16-24)13-4-7-19-5-2-1-3-6-19/h1-3,5-6,8-10,12,15,25H,4,7,11,13-14,16-18H2. The van der Waals surface area contributed by atoms with E-state index >= 15 is 0 Å². The lowest BCUT2D eigenvalue weighted by atomic mass is 9.78. The first-order chi connectivity index (χ1) is 13.7. The zero-order valence-corrected chi connectivity index (χ0v) is 16.2. The molecular weight excluding hydrogens is 346 g/mol. The fourth-order valence-corrected chi connectivity index (χ4v) is 4.90. The van der Waals surface area contributed by atoms with Crippen LogP contribution in [-0.4, -0.2) is 53.4 Å². The van der Waals surface area contributed by atoms with Crippen LogP contribution in [0.4, 0.5) is 0 Å². The Bertz CT molecular complexity index is 972. The van der Waals surface area contributed by atoms with Gasteiger partial charge in [-0.15, -0.1) is 0 Å². The van der Waals surface area contributed by atoms with Crippen molar-refractivity contribution in [1.82, 2.24) is 14.8 Å². The van der Waals surface area contributed by atoms with Gasteiger partial charge in [-0.1, -0.05) is 30.3 Å². The van der Waals surface area contributed by atoms with Crippen LogP contribution < -0.4 is 0 Å². The molecule has 0 bridgehead atoms. The van der Waals surface area contributed by atoms with Crippen LogP contribution in [0.3, 0.4) is 0 Å². The number of aryl methyl sites for hydroxylation is 1. The summed E-state index contributed by atoms with van der Waals surface area (Å²) in [4.78, 5) is 20.7. The molecule has 2 fully saturated rings. The van der Waals surface area contributed by atoms with Gasteiger partial charge in [0.15, 0.2) is 0 Å². The number of fused-ring (bicyclic) bond motifs is 1. The number of aromatic nitrogens is 1. The summed E-state index contributed by atoms with van der Waals surface area (Å²) in [5.74, 6) is 0.177. The van der Waals surface area contributed by atoms with Crippen LogP contribution in [0.2, 0.25) is 0 Å². The lowest BCUT2D eigenvalue weighted by Gasteiger charge is -2.48. The van der Waals surface area contributed by atoms with E-state index in [1.807, 2.05) is 35.4 Å². The third-order valence-electron chi connectivity index (χ3n) is 6.44. The highest BCUT2D eigenvalue weighted by Gasteiger charge is 2.49. The van der Waals surface area contributed by atoms with Crippen LogP contribution in [0.1, 0.15) is 28.8 Å². The van der Waals surface area contributed by atoms with Crippen molar-refractivity contribution >= 4 is 16.8 Å². The van der Waals surface area contributed by atoms with Crippen LogP contribution in [0.25, 0.3) is 10.9 Å². The SMILES string of the molecule is O=C(c1ccc2[nH]ccc2c1)N1CC2(CCN(CCCc3ccccc3)C2)C1. The molecule has 0 atom stereocenters. The Morgan fingerprint density at radius 2 is 1.89 bits per heavy atom. The quantitative estimate of drug-likeness (QED) is 0.736. The van der Waals surface area contributed by atoms with E-state index in [9.17, 15) is 4.79 Å². The lowest BCUT2D eigenvalue weighted by molar-refractivity contribution is 0.0107. The molecule has 4 heteroatoms. The van der Waals surface area contributed by atoms with Gasteiger partial charge in [-0.3, -0.25) is 4.79 Å². The summed E-state index contributed by atoms with van der Waals surface area (Å²) in [6, 6.07) is 18.7. The molecule has 2 aliphatic rings. The van der Waals surface area contributed by atoms with Crippen molar-refractivity contribution in [3.8, 4) is 0 Å². The van der Waals surface area contributed by atoms with Crippen molar-refractivity contribution in [1.29, 1.82) is 0 Å². The van der Waals surface area contributed by atoms with E-state index in [0.717, 1.165) is 49.1 Å². The van der Waals surface area contributed by atoms with Gasteiger partial charge in [0.25, 0.3) is 5.91 Å². The number of nitrogens with zero attached hydrogens (tertiary/aromatic N) is 2. The van der Waals surface area contributed by atoms with Crippen LogP contribution in [-0.2, 0) is 6.42 Å². The third-order valence-corrected chi connectivity index (χ3v) is 6.44. The summed E-state index contributed by atoms with van der Waals surface area (Å²) in [5.41, 5.74) is 3.65. The fourth-order valence-electron chi connectivity index (χ4n) is 4.90. The van der Waals surface area contributed by atoms with Crippen molar-refractivity contribution in [3.05, 3.63) is 71.9 Å². The number of amides is 1. The molecule has 0 unspecified atom stereocenters. The van der Waals surface area contributed by atoms with Gasteiger partial charge in [0, 0.05) is 47.7 Å². The highest BCUT2D eigenvalue weighted by molar-refractivity contribution is 5.98. The Hall–Kier alpha value is -2.59. The van der Waals surface area contributed by atoms with E-state index in [4.69, 9.17) is 0 Å². The summed E-state index contributed by atoms with van der Waals surface area (Å²) < 4.78 is 0. The second-order valence-corrected chi connectivity index (χ2v) is 8.56. The second kappa shape index (κ2) is 7.10. The molecule has 1 amide bonds. The topological polar surface area (TPSA) is 39.3 Å². The minimum atomic E-state index is 0.177. The fraction of sp³-hybridized carbons (Fsp3) is 0.375. The van der Waals surface area contributed by atoms with Crippen LogP contribution >= 0.6 is 0 Å². The van der Waals surface area contributed by atoms with Gasteiger partial charge in [-0.2, -0.15) is 0 Å². The maximum Gasteiger partial charge on any atom is 0.253 e. The number of hydrogen-bond acceptors (Lipinski definition) is 2. The monoisotopic (exact) mass is 373 g/mol. The maximum atomic E-state index is 12.8. The zero-order valence-electron chi connectivity index (χ0n) is 16.2. The van der Waals surface area contributed by atoms with E-state index < -0.39 is 0 Å². The maximum absolute atomic E-state index is 12.8. The van der Waals surface area contributed by atoms with Gasteiger partial charge in [-0.25, -0.2) is 0 Å². The molecule has 3 heterocycles. The molecule has 0 saturated carbocycles. The number of carbonyl (C=O) groups excluding carboxylic acids is 1. The minimum Gasteiger partial charge on any atom is -0.361 e. The van der Waals surface area contributed by atoms with Gasteiger partial charge < -0.3 is 14.8 Å². The van der Waals surface area contributed by atoms with Gasteiger partial charge in [-0.05, 0) is 62.2 Å². The molecule has 1 aromatic heterocycles. The number of carbonyl (C=O) groups is 1. The molecule has 4 nitrogen and oxygen atoms in total. The molecule has 2 aromatic carbocycles. The molecule has 3 aromatic rings. The summed E-state index contributed by atoms with van der Waals surface area (Å²) in [6.07, 6.45) is 5.50. The van der Waals surface area contributed by atoms with E-state index in [-0.39, 0.29) is 5.91 Å². The first-order valence-electron chi connectivity index (χ1n) is 10.3. The molecule has 5 rings (SSSR count). The van der Waals surface area contributed by atoms with Gasteiger partial charge in [0.1, 0.15) is 0 Å². The highest BCUT2D eigenvalue weighted by Crippen LogP contribution is 2.40. The Balaban J connectivity index is 1.12. The van der Waals surface area contributed by atoms with Crippen molar-refractivity contribution in [2.45, 2.75) is 19.3 Å². The van der Waals surface area contributed by atoms with Crippen LogP contribution in [0.5, 0.6) is 0 Å². The van der Waals surface area contributed by atoms with Gasteiger partial charge in [0.2, 0.25) is 0 Å². The van der Waals surface area contributed by atoms with Crippen molar-refractivity contribution in [2.24, 2.45) is 5.41 Å². The summed E-state index contributed by atoms with van der Waals surface area (Å²) in [5, 5.41) is 1.10. The summed E-state index contributed by atoms with van der Waals surface area (Å²) in [7, 11) is 0. The molecular formula is C24H27N3O.